The second-order valence-electron chi connectivity index (χ2n) is 10.3. The number of furan rings is 1. The first kappa shape index (κ1) is 26.8. The Bertz CT molecular complexity index is 936. The predicted molar refractivity (Wildman–Crippen MR) is 139 cm³/mol. The van der Waals surface area contributed by atoms with Crippen molar-refractivity contribution in [2.45, 2.75) is 84.9 Å². The van der Waals surface area contributed by atoms with Crippen LogP contribution in [0.5, 0.6) is 0 Å². The van der Waals surface area contributed by atoms with Gasteiger partial charge in [0.1, 0.15) is 12.3 Å². The Morgan fingerprint density at radius 1 is 1.03 bits per heavy atom. The van der Waals surface area contributed by atoms with E-state index >= 15 is 0 Å². The van der Waals surface area contributed by atoms with Gasteiger partial charge in [0.2, 0.25) is 5.91 Å². The van der Waals surface area contributed by atoms with Gasteiger partial charge in [-0.15, -0.1) is 0 Å². The van der Waals surface area contributed by atoms with Crippen molar-refractivity contribution in [2.24, 2.45) is 0 Å². The van der Waals surface area contributed by atoms with Crippen LogP contribution in [-0.2, 0) is 16.1 Å². The molecule has 0 bridgehead atoms. The summed E-state index contributed by atoms with van der Waals surface area (Å²) < 4.78 is 11.3. The second kappa shape index (κ2) is 12.2. The van der Waals surface area contributed by atoms with Crippen LogP contribution in [0.1, 0.15) is 83.1 Å². The van der Waals surface area contributed by atoms with Crippen molar-refractivity contribution in [3.05, 3.63) is 53.5 Å². The molecule has 7 heteroatoms. The number of nitrogens with one attached hydrogen (secondary N) is 1. The van der Waals surface area contributed by atoms with Crippen LogP contribution in [0.15, 0.2) is 41.0 Å². The van der Waals surface area contributed by atoms with E-state index in [0.717, 1.165) is 36.3 Å². The number of rotatable bonds is 10. The predicted octanol–water partition coefficient (Wildman–Crippen LogP) is 5.98. The highest BCUT2D eigenvalue weighted by molar-refractivity contribution is 5.94. The Balaban J connectivity index is 1.79. The molecule has 1 fully saturated rings. The summed E-state index contributed by atoms with van der Waals surface area (Å²) in [6.07, 6.45) is 3.56. The first-order chi connectivity index (χ1) is 16.7. The van der Waals surface area contributed by atoms with Crippen LogP contribution in [0.2, 0.25) is 0 Å². The van der Waals surface area contributed by atoms with Crippen molar-refractivity contribution < 1.29 is 18.7 Å². The number of hydrogen-bond donors (Lipinski definition) is 1. The lowest BCUT2D eigenvalue weighted by Crippen LogP contribution is -2.48. The summed E-state index contributed by atoms with van der Waals surface area (Å²) in [7, 11) is 0. The van der Waals surface area contributed by atoms with E-state index in [2.05, 4.69) is 45.1 Å². The maximum Gasteiger partial charge on any atom is 0.322 e. The zero-order valence-electron chi connectivity index (χ0n) is 22.0. The van der Waals surface area contributed by atoms with Crippen molar-refractivity contribution in [1.82, 2.24) is 9.80 Å². The highest BCUT2D eigenvalue weighted by Crippen LogP contribution is 2.32. The number of carbonyl (C=O) groups excluding carboxylic acids is 2. The summed E-state index contributed by atoms with van der Waals surface area (Å²) in [6, 6.07) is 9.42. The third-order valence-corrected chi connectivity index (χ3v) is 6.52. The molecule has 0 radical (unpaired) electrons. The minimum Gasteiger partial charge on any atom is -0.467 e. The molecule has 0 saturated carbocycles. The van der Waals surface area contributed by atoms with Gasteiger partial charge in [-0.25, -0.2) is 4.79 Å². The molecule has 3 rings (SSSR count). The maximum atomic E-state index is 13.5. The molecule has 7 nitrogen and oxygen atoms in total. The van der Waals surface area contributed by atoms with Gasteiger partial charge in [0.05, 0.1) is 18.9 Å². The van der Waals surface area contributed by atoms with Crippen LogP contribution >= 0.6 is 0 Å². The molecule has 35 heavy (non-hydrogen) atoms. The van der Waals surface area contributed by atoms with E-state index in [1.165, 1.54) is 0 Å². The second-order valence-corrected chi connectivity index (χ2v) is 10.3. The van der Waals surface area contributed by atoms with Crippen molar-refractivity contribution in [2.75, 3.05) is 25.0 Å². The van der Waals surface area contributed by atoms with Crippen molar-refractivity contribution in [1.29, 1.82) is 0 Å². The molecule has 1 atom stereocenters. The summed E-state index contributed by atoms with van der Waals surface area (Å²) in [4.78, 5) is 30.4. The minimum absolute atomic E-state index is 0.0155. The Kier molecular flexibility index (Phi) is 9.38. The average Bonchev–Trinajstić information content (AvgIpc) is 3.50. The van der Waals surface area contributed by atoms with Crippen LogP contribution in [0.3, 0.4) is 0 Å². The lowest BCUT2D eigenvalue weighted by molar-refractivity contribution is -0.134. The van der Waals surface area contributed by atoms with Crippen LogP contribution in [0, 0.1) is 0 Å². The third kappa shape index (κ3) is 7.10. The smallest absolute Gasteiger partial charge is 0.322 e. The first-order valence-corrected chi connectivity index (χ1v) is 12.8. The first-order valence-electron chi connectivity index (χ1n) is 12.8. The topological polar surface area (TPSA) is 75.0 Å². The zero-order chi connectivity index (χ0) is 25.5. The van der Waals surface area contributed by atoms with E-state index in [-0.39, 0.29) is 42.5 Å². The Morgan fingerprint density at radius 2 is 1.71 bits per heavy atom. The largest absolute Gasteiger partial charge is 0.467 e. The molecule has 1 aromatic heterocycles. The number of hydrogen-bond acceptors (Lipinski definition) is 4. The molecule has 192 valence electrons. The summed E-state index contributed by atoms with van der Waals surface area (Å²) in [5.74, 6) is 1.10. The van der Waals surface area contributed by atoms with E-state index in [4.69, 9.17) is 9.15 Å². The molecular formula is C28H41N3O4. The quantitative estimate of drug-likeness (QED) is 0.451. The van der Waals surface area contributed by atoms with Gasteiger partial charge in [-0.2, -0.15) is 0 Å². The van der Waals surface area contributed by atoms with E-state index in [9.17, 15) is 9.59 Å². The minimum atomic E-state index is -0.265. The van der Waals surface area contributed by atoms with E-state index < -0.39 is 0 Å². The van der Waals surface area contributed by atoms with Crippen LogP contribution in [-0.4, -0.2) is 53.6 Å². The summed E-state index contributed by atoms with van der Waals surface area (Å²) in [5.41, 5.74) is 3.04. The van der Waals surface area contributed by atoms with E-state index in [1.54, 1.807) is 16.1 Å². The van der Waals surface area contributed by atoms with Gasteiger partial charge in [-0.05, 0) is 61.8 Å². The zero-order valence-corrected chi connectivity index (χ0v) is 22.0. The Hall–Kier alpha value is -2.80. The molecule has 1 N–H and O–H groups in total. The molecule has 3 amide bonds. The fourth-order valence-electron chi connectivity index (χ4n) is 4.49. The summed E-state index contributed by atoms with van der Waals surface area (Å²) in [6.45, 7) is 13.9. The Morgan fingerprint density at radius 3 is 2.23 bits per heavy atom. The summed E-state index contributed by atoms with van der Waals surface area (Å²) in [5, 5.41) is 3.16. The SMILES string of the molecule is CC(C)c1cccc(C(C)C)c1NC(=O)N(CC(=O)N(Cc1ccco1)CC1CCCO1)C(C)C. The number of amides is 3. The molecule has 0 spiro atoms. The Labute approximate surface area is 209 Å². The van der Waals surface area contributed by atoms with Crippen molar-refractivity contribution >= 4 is 17.6 Å². The molecule has 1 unspecified atom stereocenters. The summed E-state index contributed by atoms with van der Waals surface area (Å²) >= 11 is 0. The number of carbonyl (C=O) groups is 2. The van der Waals surface area contributed by atoms with Gasteiger partial charge >= 0.3 is 6.03 Å². The fourth-order valence-corrected chi connectivity index (χ4v) is 4.49. The van der Waals surface area contributed by atoms with E-state index in [1.807, 2.05) is 32.0 Å². The number of anilines is 1. The van der Waals surface area contributed by atoms with E-state index in [0.29, 0.717) is 18.8 Å². The van der Waals surface area contributed by atoms with Crippen molar-refractivity contribution in [3.8, 4) is 0 Å². The highest BCUT2D eigenvalue weighted by atomic mass is 16.5. The molecule has 1 aromatic carbocycles. The van der Waals surface area contributed by atoms with Crippen molar-refractivity contribution in [3.63, 3.8) is 0 Å². The normalized spacial score (nSPS) is 15.7. The lowest BCUT2D eigenvalue weighted by Gasteiger charge is -2.31. The molecule has 2 heterocycles. The third-order valence-electron chi connectivity index (χ3n) is 6.52. The molecule has 0 aliphatic carbocycles. The van der Waals surface area contributed by atoms with Gasteiger partial charge in [-0.1, -0.05) is 45.9 Å². The molecule has 1 aliphatic rings. The number of benzene rings is 1. The maximum absolute atomic E-state index is 13.5. The van der Waals surface area contributed by atoms with Gasteiger partial charge in [-0.3, -0.25) is 4.79 Å². The number of nitrogens with zero attached hydrogens (tertiary/aromatic N) is 2. The number of ether oxygens (including phenoxy) is 1. The van der Waals surface area contributed by atoms with Crippen LogP contribution < -0.4 is 5.32 Å². The lowest BCUT2D eigenvalue weighted by atomic mass is 9.93. The fraction of sp³-hybridized carbons (Fsp3) is 0.571. The van der Waals surface area contributed by atoms with Gasteiger partial charge < -0.3 is 24.3 Å². The standard InChI is InChI=1S/C28H41N3O4/c1-19(2)24-12-7-13-25(20(3)4)27(24)29-28(33)31(21(5)6)18-26(32)30(16-22-10-8-14-34-22)17-23-11-9-15-35-23/h7-8,10,12-14,19-21,23H,9,11,15-18H2,1-6H3,(H,29,33). The highest BCUT2D eigenvalue weighted by Gasteiger charge is 2.28. The van der Waals surface area contributed by atoms with Crippen LogP contribution in [0.4, 0.5) is 10.5 Å². The number of urea groups is 1. The molecule has 1 aliphatic heterocycles. The molecule has 2 aromatic rings. The van der Waals surface area contributed by atoms with Crippen LogP contribution in [0.25, 0.3) is 0 Å². The van der Waals surface area contributed by atoms with Gasteiger partial charge in [0.25, 0.3) is 0 Å². The monoisotopic (exact) mass is 483 g/mol. The average molecular weight is 484 g/mol. The molecule has 1 saturated heterocycles. The van der Waals surface area contributed by atoms with Gasteiger partial charge in [0, 0.05) is 24.9 Å². The van der Waals surface area contributed by atoms with Gasteiger partial charge in [0.15, 0.2) is 0 Å². The number of para-hydroxylation sites is 1. The molecular weight excluding hydrogens is 442 g/mol.